The molecule has 1 fully saturated rings. The number of terminal acetylenes is 1. The van der Waals surface area contributed by atoms with Gasteiger partial charge in [0.2, 0.25) is 5.91 Å². The van der Waals surface area contributed by atoms with Gasteiger partial charge in [-0.05, 0) is 38.8 Å². The van der Waals surface area contributed by atoms with E-state index >= 15 is 0 Å². The molecule has 0 unspecified atom stereocenters. The SMILES string of the molecule is C#CCN(C(=O)C1(C(C)=O)CCCC1)c1ccc(C)cc1. The summed E-state index contributed by atoms with van der Waals surface area (Å²) < 4.78 is 0. The number of nitrogens with zero attached hydrogens (tertiary/aromatic N) is 1. The fourth-order valence-electron chi connectivity index (χ4n) is 3.05. The predicted molar refractivity (Wildman–Crippen MR) is 83.9 cm³/mol. The minimum absolute atomic E-state index is 0.0425. The van der Waals surface area contributed by atoms with Crippen molar-refractivity contribution < 1.29 is 9.59 Å². The van der Waals surface area contributed by atoms with Crippen LogP contribution in [0.4, 0.5) is 5.69 Å². The number of rotatable bonds is 4. The van der Waals surface area contributed by atoms with Gasteiger partial charge in [-0.1, -0.05) is 36.5 Å². The molecular weight excluding hydrogens is 262 g/mol. The molecule has 21 heavy (non-hydrogen) atoms. The Morgan fingerprint density at radius 2 is 1.81 bits per heavy atom. The molecule has 0 radical (unpaired) electrons. The van der Waals surface area contributed by atoms with Gasteiger partial charge in [0, 0.05) is 5.69 Å². The van der Waals surface area contributed by atoms with Crippen molar-refractivity contribution in [1.29, 1.82) is 0 Å². The lowest BCUT2D eigenvalue weighted by Crippen LogP contribution is -2.47. The zero-order valence-electron chi connectivity index (χ0n) is 12.7. The van der Waals surface area contributed by atoms with E-state index in [0.717, 1.165) is 24.1 Å². The maximum absolute atomic E-state index is 13.0. The highest BCUT2D eigenvalue weighted by molar-refractivity contribution is 6.12. The van der Waals surface area contributed by atoms with Crippen LogP contribution in [0.1, 0.15) is 38.2 Å². The molecule has 3 heteroatoms. The summed E-state index contributed by atoms with van der Waals surface area (Å²) in [5.74, 6) is 2.35. The molecule has 110 valence electrons. The quantitative estimate of drug-likeness (QED) is 0.629. The van der Waals surface area contributed by atoms with Gasteiger partial charge in [0.15, 0.2) is 0 Å². The smallest absolute Gasteiger partial charge is 0.241 e. The molecular formula is C18H21NO2. The van der Waals surface area contributed by atoms with Gasteiger partial charge in [-0.15, -0.1) is 6.42 Å². The van der Waals surface area contributed by atoms with Crippen molar-refractivity contribution in [2.24, 2.45) is 5.41 Å². The number of hydrogen-bond acceptors (Lipinski definition) is 2. The fraction of sp³-hybridized carbons (Fsp3) is 0.444. The molecule has 0 spiro atoms. The van der Waals surface area contributed by atoms with E-state index in [2.05, 4.69) is 5.92 Å². The van der Waals surface area contributed by atoms with Crippen molar-refractivity contribution in [3.05, 3.63) is 29.8 Å². The van der Waals surface area contributed by atoms with Crippen LogP contribution in [0.15, 0.2) is 24.3 Å². The number of amides is 1. The molecule has 0 saturated heterocycles. The molecule has 1 aliphatic carbocycles. The van der Waals surface area contributed by atoms with E-state index in [4.69, 9.17) is 6.42 Å². The highest BCUT2D eigenvalue weighted by Crippen LogP contribution is 2.41. The van der Waals surface area contributed by atoms with Gasteiger partial charge < -0.3 is 0 Å². The van der Waals surface area contributed by atoms with Crippen LogP contribution in [0.3, 0.4) is 0 Å². The van der Waals surface area contributed by atoms with Crippen LogP contribution in [0, 0.1) is 24.7 Å². The van der Waals surface area contributed by atoms with Gasteiger partial charge in [0.05, 0.1) is 6.54 Å². The molecule has 1 saturated carbocycles. The monoisotopic (exact) mass is 283 g/mol. The first-order chi connectivity index (χ1) is 10.0. The van der Waals surface area contributed by atoms with Gasteiger partial charge in [-0.25, -0.2) is 0 Å². The van der Waals surface area contributed by atoms with Crippen molar-refractivity contribution in [3.8, 4) is 12.3 Å². The van der Waals surface area contributed by atoms with E-state index in [1.807, 2.05) is 31.2 Å². The Morgan fingerprint density at radius 3 is 2.29 bits per heavy atom. The lowest BCUT2D eigenvalue weighted by molar-refractivity contribution is -0.138. The van der Waals surface area contributed by atoms with E-state index in [1.54, 1.807) is 4.90 Å². The molecule has 1 aromatic carbocycles. The normalized spacial score (nSPS) is 16.2. The number of carbonyl (C=O) groups excluding carboxylic acids is 2. The maximum Gasteiger partial charge on any atom is 0.241 e. The third-order valence-corrected chi connectivity index (χ3v) is 4.38. The van der Waals surface area contributed by atoms with Crippen LogP contribution in [0.2, 0.25) is 0 Å². The van der Waals surface area contributed by atoms with Crippen LogP contribution in [-0.4, -0.2) is 18.2 Å². The predicted octanol–water partition coefficient (Wildman–Crippen LogP) is 3.11. The van der Waals surface area contributed by atoms with Crippen LogP contribution >= 0.6 is 0 Å². The van der Waals surface area contributed by atoms with Crippen LogP contribution < -0.4 is 4.90 Å². The van der Waals surface area contributed by atoms with Crippen molar-refractivity contribution in [2.75, 3.05) is 11.4 Å². The minimum Gasteiger partial charge on any atom is -0.300 e. The Morgan fingerprint density at radius 1 is 1.24 bits per heavy atom. The Balaban J connectivity index is 2.37. The highest BCUT2D eigenvalue weighted by atomic mass is 16.2. The Hall–Kier alpha value is -2.08. The van der Waals surface area contributed by atoms with Gasteiger partial charge >= 0.3 is 0 Å². The lowest BCUT2D eigenvalue weighted by Gasteiger charge is -2.31. The summed E-state index contributed by atoms with van der Waals surface area (Å²) in [6, 6.07) is 7.66. The van der Waals surface area contributed by atoms with E-state index in [1.165, 1.54) is 6.92 Å². The number of hydrogen-bond donors (Lipinski definition) is 0. The van der Waals surface area contributed by atoms with Gasteiger partial charge in [0.1, 0.15) is 11.2 Å². The summed E-state index contributed by atoms with van der Waals surface area (Å²) in [6.45, 7) is 3.70. The van der Waals surface area contributed by atoms with E-state index < -0.39 is 5.41 Å². The summed E-state index contributed by atoms with van der Waals surface area (Å²) >= 11 is 0. The third kappa shape index (κ3) is 2.85. The number of benzene rings is 1. The van der Waals surface area contributed by atoms with E-state index in [9.17, 15) is 9.59 Å². The molecule has 1 aromatic rings. The second kappa shape index (κ2) is 6.13. The third-order valence-electron chi connectivity index (χ3n) is 4.38. The molecule has 0 heterocycles. The molecule has 0 N–H and O–H groups in total. The van der Waals surface area contributed by atoms with E-state index in [0.29, 0.717) is 12.8 Å². The van der Waals surface area contributed by atoms with Crippen LogP contribution in [-0.2, 0) is 9.59 Å². The number of anilines is 1. The van der Waals surface area contributed by atoms with Crippen LogP contribution in [0.5, 0.6) is 0 Å². The van der Waals surface area contributed by atoms with Crippen molar-refractivity contribution >= 4 is 17.4 Å². The molecule has 0 atom stereocenters. The average molecular weight is 283 g/mol. The topological polar surface area (TPSA) is 37.4 Å². The van der Waals surface area contributed by atoms with Crippen molar-refractivity contribution in [3.63, 3.8) is 0 Å². The molecule has 2 rings (SSSR count). The maximum atomic E-state index is 13.0. The molecule has 0 aromatic heterocycles. The Labute approximate surface area is 126 Å². The molecule has 1 aliphatic rings. The number of ketones is 1. The number of Topliss-reactive ketones (excluding diaryl/α,β-unsaturated/α-hetero) is 1. The summed E-state index contributed by atoms with van der Waals surface area (Å²) in [6.07, 6.45) is 8.53. The fourth-order valence-corrected chi connectivity index (χ4v) is 3.05. The number of carbonyl (C=O) groups is 2. The van der Waals surface area contributed by atoms with Crippen molar-refractivity contribution in [1.82, 2.24) is 0 Å². The second-order valence-electron chi connectivity index (χ2n) is 5.78. The first-order valence-corrected chi connectivity index (χ1v) is 7.34. The Bertz CT molecular complexity index is 574. The zero-order chi connectivity index (χ0) is 15.5. The van der Waals surface area contributed by atoms with Crippen molar-refractivity contribution in [2.45, 2.75) is 39.5 Å². The standard InChI is InChI=1S/C18H21NO2/c1-4-13-19(16-9-7-14(2)8-10-16)17(21)18(15(3)20)11-5-6-12-18/h1,7-10H,5-6,11-13H2,2-3H3. The molecule has 0 bridgehead atoms. The molecule has 3 nitrogen and oxygen atoms in total. The molecule has 1 amide bonds. The number of aryl methyl sites for hydroxylation is 1. The second-order valence-corrected chi connectivity index (χ2v) is 5.78. The minimum atomic E-state index is -0.873. The lowest BCUT2D eigenvalue weighted by atomic mass is 9.80. The van der Waals surface area contributed by atoms with Gasteiger partial charge in [-0.3, -0.25) is 14.5 Å². The summed E-state index contributed by atoms with van der Waals surface area (Å²) in [7, 11) is 0. The zero-order valence-corrected chi connectivity index (χ0v) is 12.7. The first-order valence-electron chi connectivity index (χ1n) is 7.34. The average Bonchev–Trinajstić information content (AvgIpc) is 2.96. The van der Waals surface area contributed by atoms with Crippen LogP contribution in [0.25, 0.3) is 0 Å². The molecule has 0 aliphatic heterocycles. The summed E-state index contributed by atoms with van der Waals surface area (Å²) in [5.41, 5.74) is 1.01. The first kappa shape index (κ1) is 15.3. The van der Waals surface area contributed by atoms with Gasteiger partial charge in [-0.2, -0.15) is 0 Å². The highest BCUT2D eigenvalue weighted by Gasteiger charge is 2.47. The largest absolute Gasteiger partial charge is 0.300 e. The Kier molecular flexibility index (Phi) is 4.47. The summed E-state index contributed by atoms with van der Waals surface area (Å²) in [5, 5.41) is 0. The van der Waals surface area contributed by atoms with Gasteiger partial charge in [0.25, 0.3) is 0 Å². The van der Waals surface area contributed by atoms with E-state index in [-0.39, 0.29) is 18.2 Å². The summed E-state index contributed by atoms with van der Waals surface area (Å²) in [4.78, 5) is 26.7.